The van der Waals surface area contributed by atoms with Crippen molar-refractivity contribution in [3.8, 4) is 0 Å². The average Bonchev–Trinajstić information content (AvgIpc) is 2.93. The largest absolute Gasteiger partial charge is 0.444 e. The van der Waals surface area contributed by atoms with Gasteiger partial charge in [0, 0.05) is 4.88 Å². The summed E-state index contributed by atoms with van der Waals surface area (Å²) < 4.78 is 18.8. The van der Waals surface area contributed by atoms with Crippen LogP contribution in [0.4, 0.5) is 20.6 Å². The number of amides is 1. The van der Waals surface area contributed by atoms with Gasteiger partial charge < -0.3 is 10.1 Å². The minimum atomic E-state index is -0.595. The fraction of sp³-hybridized carbons (Fsp3) is 0.353. The number of ether oxygens (including phenoxy) is 1. The molecule has 0 saturated heterocycles. The van der Waals surface area contributed by atoms with Gasteiger partial charge in [-0.1, -0.05) is 6.07 Å². The van der Waals surface area contributed by atoms with Crippen molar-refractivity contribution in [1.29, 1.82) is 0 Å². The first-order valence-corrected chi connectivity index (χ1v) is 8.22. The van der Waals surface area contributed by atoms with Gasteiger partial charge in [0.1, 0.15) is 11.4 Å². The van der Waals surface area contributed by atoms with Gasteiger partial charge in [-0.3, -0.25) is 5.32 Å². The zero-order valence-corrected chi connectivity index (χ0v) is 14.5. The molecular weight excluding hydrogens is 315 g/mol. The van der Waals surface area contributed by atoms with E-state index in [0.717, 1.165) is 4.88 Å². The average molecular weight is 336 g/mol. The van der Waals surface area contributed by atoms with Crippen molar-refractivity contribution in [2.75, 3.05) is 10.6 Å². The predicted molar refractivity (Wildman–Crippen MR) is 92.6 cm³/mol. The van der Waals surface area contributed by atoms with E-state index >= 15 is 0 Å². The molecule has 0 aliphatic heterocycles. The van der Waals surface area contributed by atoms with Crippen molar-refractivity contribution in [1.82, 2.24) is 0 Å². The predicted octanol–water partition coefficient (Wildman–Crippen LogP) is 5.41. The van der Waals surface area contributed by atoms with Gasteiger partial charge in [-0.15, -0.1) is 11.3 Å². The molecule has 0 fully saturated rings. The standard InChI is InChI=1S/C17H21FN2O2S/c1-11(15-6-5-9-23-15)19-14-10-12(18)7-8-13(14)20-16(21)22-17(2,3)4/h5-11,19H,1-4H3,(H,20,21). The summed E-state index contributed by atoms with van der Waals surface area (Å²) in [5, 5.41) is 7.87. The van der Waals surface area contributed by atoms with Crippen molar-refractivity contribution in [2.24, 2.45) is 0 Å². The molecule has 2 rings (SSSR count). The van der Waals surface area contributed by atoms with Crippen LogP contribution in [0.15, 0.2) is 35.7 Å². The van der Waals surface area contributed by atoms with Gasteiger partial charge in [0.05, 0.1) is 17.4 Å². The Bertz CT molecular complexity index is 666. The van der Waals surface area contributed by atoms with E-state index in [1.807, 2.05) is 24.4 Å². The van der Waals surface area contributed by atoms with E-state index in [0.29, 0.717) is 11.4 Å². The number of hydrogen-bond acceptors (Lipinski definition) is 4. The quantitative estimate of drug-likeness (QED) is 0.785. The molecule has 124 valence electrons. The number of benzene rings is 1. The van der Waals surface area contributed by atoms with E-state index in [2.05, 4.69) is 10.6 Å². The van der Waals surface area contributed by atoms with Gasteiger partial charge in [-0.2, -0.15) is 0 Å². The molecule has 1 heterocycles. The number of rotatable bonds is 4. The number of hydrogen-bond donors (Lipinski definition) is 2. The summed E-state index contributed by atoms with van der Waals surface area (Å²) in [5.74, 6) is -0.374. The molecule has 2 aromatic rings. The Labute approximate surface area is 139 Å². The summed E-state index contributed by atoms with van der Waals surface area (Å²) >= 11 is 1.61. The Kier molecular flexibility index (Phi) is 5.26. The summed E-state index contributed by atoms with van der Waals surface area (Å²) in [6.45, 7) is 7.34. The number of thiophene rings is 1. The van der Waals surface area contributed by atoms with E-state index in [9.17, 15) is 9.18 Å². The van der Waals surface area contributed by atoms with Crippen molar-refractivity contribution < 1.29 is 13.9 Å². The van der Waals surface area contributed by atoms with Crippen LogP contribution >= 0.6 is 11.3 Å². The van der Waals surface area contributed by atoms with E-state index in [1.54, 1.807) is 32.1 Å². The Morgan fingerprint density at radius 1 is 1.26 bits per heavy atom. The first kappa shape index (κ1) is 17.3. The molecule has 23 heavy (non-hydrogen) atoms. The van der Waals surface area contributed by atoms with Crippen LogP contribution in [0.1, 0.15) is 38.6 Å². The van der Waals surface area contributed by atoms with Crippen LogP contribution in [0.25, 0.3) is 0 Å². The van der Waals surface area contributed by atoms with E-state index < -0.39 is 11.7 Å². The van der Waals surface area contributed by atoms with E-state index in [1.165, 1.54) is 18.2 Å². The van der Waals surface area contributed by atoms with Crippen molar-refractivity contribution in [3.05, 3.63) is 46.4 Å². The third-order valence-electron chi connectivity index (χ3n) is 2.96. The number of halogens is 1. The molecule has 0 aliphatic carbocycles. The molecule has 0 radical (unpaired) electrons. The monoisotopic (exact) mass is 336 g/mol. The Balaban J connectivity index is 2.15. The molecule has 1 atom stereocenters. The van der Waals surface area contributed by atoms with Crippen molar-refractivity contribution in [3.63, 3.8) is 0 Å². The lowest BCUT2D eigenvalue weighted by atomic mass is 10.2. The lowest BCUT2D eigenvalue weighted by molar-refractivity contribution is 0.0636. The summed E-state index contributed by atoms with van der Waals surface area (Å²) in [7, 11) is 0. The van der Waals surface area contributed by atoms with Crippen LogP contribution in [-0.2, 0) is 4.74 Å². The van der Waals surface area contributed by atoms with Crippen molar-refractivity contribution >= 4 is 28.8 Å². The Morgan fingerprint density at radius 2 is 2.00 bits per heavy atom. The molecule has 0 bridgehead atoms. The third kappa shape index (κ3) is 5.25. The van der Waals surface area contributed by atoms with Gasteiger partial charge >= 0.3 is 6.09 Å². The Hall–Kier alpha value is -2.08. The SMILES string of the molecule is CC(Nc1cc(F)ccc1NC(=O)OC(C)(C)C)c1cccs1. The van der Waals surface area contributed by atoms with E-state index in [-0.39, 0.29) is 11.9 Å². The third-order valence-corrected chi connectivity index (χ3v) is 4.01. The van der Waals surface area contributed by atoms with Crippen LogP contribution in [0, 0.1) is 5.82 Å². The summed E-state index contributed by atoms with van der Waals surface area (Å²) in [6.07, 6.45) is -0.573. The second-order valence-electron chi connectivity index (χ2n) is 6.20. The summed E-state index contributed by atoms with van der Waals surface area (Å²) in [6, 6.07) is 8.13. The van der Waals surface area contributed by atoms with Crippen LogP contribution in [-0.4, -0.2) is 11.7 Å². The maximum Gasteiger partial charge on any atom is 0.412 e. The highest BCUT2D eigenvalue weighted by Crippen LogP contribution is 2.29. The van der Waals surface area contributed by atoms with Gasteiger partial charge in [0.25, 0.3) is 0 Å². The Morgan fingerprint density at radius 3 is 2.61 bits per heavy atom. The van der Waals surface area contributed by atoms with Crippen LogP contribution in [0.3, 0.4) is 0 Å². The van der Waals surface area contributed by atoms with Gasteiger partial charge in [0.2, 0.25) is 0 Å². The molecular formula is C17H21FN2O2S. The van der Waals surface area contributed by atoms with Crippen LogP contribution in [0.2, 0.25) is 0 Å². The molecule has 2 N–H and O–H groups in total. The van der Waals surface area contributed by atoms with E-state index in [4.69, 9.17) is 4.74 Å². The second-order valence-corrected chi connectivity index (χ2v) is 7.18. The molecule has 1 aromatic carbocycles. The van der Waals surface area contributed by atoms with Gasteiger partial charge in [0.15, 0.2) is 0 Å². The van der Waals surface area contributed by atoms with Gasteiger partial charge in [-0.25, -0.2) is 9.18 Å². The first-order chi connectivity index (χ1) is 10.7. The molecule has 0 spiro atoms. The molecule has 0 aliphatic rings. The fourth-order valence-electron chi connectivity index (χ4n) is 2.00. The molecule has 6 heteroatoms. The van der Waals surface area contributed by atoms with Crippen LogP contribution in [0.5, 0.6) is 0 Å². The molecule has 1 unspecified atom stereocenters. The van der Waals surface area contributed by atoms with Crippen LogP contribution < -0.4 is 10.6 Å². The minimum Gasteiger partial charge on any atom is -0.444 e. The highest BCUT2D eigenvalue weighted by Gasteiger charge is 2.18. The highest BCUT2D eigenvalue weighted by atomic mass is 32.1. The van der Waals surface area contributed by atoms with Crippen molar-refractivity contribution in [2.45, 2.75) is 39.3 Å². The molecule has 1 amide bonds. The highest BCUT2D eigenvalue weighted by molar-refractivity contribution is 7.10. The maximum absolute atomic E-state index is 13.6. The smallest absolute Gasteiger partial charge is 0.412 e. The molecule has 4 nitrogen and oxygen atoms in total. The minimum absolute atomic E-state index is 0.00372. The van der Waals surface area contributed by atoms with Gasteiger partial charge in [-0.05, 0) is 57.3 Å². The summed E-state index contributed by atoms with van der Waals surface area (Å²) in [4.78, 5) is 13.0. The fourth-order valence-corrected chi connectivity index (χ4v) is 2.73. The number of anilines is 2. The number of carbonyl (C=O) groups excluding carboxylic acids is 1. The topological polar surface area (TPSA) is 50.4 Å². The lowest BCUT2D eigenvalue weighted by Gasteiger charge is -2.21. The molecule has 0 saturated carbocycles. The number of nitrogens with one attached hydrogen (secondary N) is 2. The number of carbonyl (C=O) groups is 1. The molecule has 1 aromatic heterocycles. The second kappa shape index (κ2) is 7.00. The zero-order valence-electron chi connectivity index (χ0n) is 13.6. The maximum atomic E-state index is 13.6. The summed E-state index contributed by atoms with van der Waals surface area (Å²) in [5.41, 5.74) is 0.392. The normalized spacial score (nSPS) is 12.6. The first-order valence-electron chi connectivity index (χ1n) is 7.34. The zero-order chi connectivity index (χ0) is 17.0. The lowest BCUT2D eigenvalue weighted by Crippen LogP contribution is -2.27.